The Morgan fingerprint density at radius 3 is 2.15 bits per heavy atom. The number of unbranched alkanes of at least 4 members (excludes halogenated alkanes) is 1. The predicted molar refractivity (Wildman–Crippen MR) is 145 cm³/mol. The second kappa shape index (κ2) is 10.5. The number of piperidine rings is 1. The minimum absolute atomic E-state index is 0.235. The van der Waals surface area contributed by atoms with E-state index in [9.17, 15) is 5.26 Å². The van der Waals surface area contributed by atoms with Crippen molar-refractivity contribution in [3.05, 3.63) is 23.8 Å². The summed E-state index contributed by atoms with van der Waals surface area (Å²) in [4.78, 5) is 7.86. The Hall–Kier alpha value is -1.73. The van der Waals surface area contributed by atoms with Crippen molar-refractivity contribution in [1.82, 2.24) is 4.90 Å². The summed E-state index contributed by atoms with van der Waals surface area (Å²) in [5, 5.41) is 9.33. The lowest BCUT2D eigenvalue weighted by molar-refractivity contribution is 0.0970. The van der Waals surface area contributed by atoms with Gasteiger partial charge in [0.05, 0.1) is 6.07 Å². The molecule has 4 heteroatoms. The van der Waals surface area contributed by atoms with Gasteiger partial charge < -0.3 is 9.80 Å². The molecule has 188 valence electrons. The van der Waals surface area contributed by atoms with Gasteiger partial charge in [-0.25, -0.2) is 0 Å². The number of nitrogens with zero attached hydrogens (tertiary/aromatic N) is 4. The van der Waals surface area contributed by atoms with Gasteiger partial charge in [-0.15, -0.1) is 0 Å². The van der Waals surface area contributed by atoms with E-state index in [1.165, 1.54) is 63.1 Å². The van der Waals surface area contributed by atoms with Gasteiger partial charge in [0.1, 0.15) is 0 Å². The van der Waals surface area contributed by atoms with Crippen LogP contribution in [0.1, 0.15) is 91.0 Å². The molecule has 0 radical (unpaired) electrons. The Kier molecular flexibility index (Phi) is 7.82. The zero-order valence-electron chi connectivity index (χ0n) is 22.6. The van der Waals surface area contributed by atoms with E-state index in [1.54, 1.807) is 5.56 Å². The minimum atomic E-state index is 0.235. The van der Waals surface area contributed by atoms with Crippen molar-refractivity contribution in [2.75, 3.05) is 55.6 Å². The van der Waals surface area contributed by atoms with Crippen molar-refractivity contribution < 1.29 is 0 Å². The molecule has 0 aromatic heterocycles. The molecule has 0 unspecified atom stereocenters. The molecule has 1 aromatic rings. The highest BCUT2D eigenvalue weighted by Gasteiger charge is 2.40. The number of rotatable bonds is 6. The first-order valence-corrected chi connectivity index (χ1v) is 14.0. The fourth-order valence-electron chi connectivity index (χ4n) is 7.28. The minimum Gasteiger partial charge on any atom is -0.371 e. The number of hydrogen-bond acceptors (Lipinski definition) is 4. The van der Waals surface area contributed by atoms with E-state index in [4.69, 9.17) is 0 Å². The zero-order valence-corrected chi connectivity index (χ0v) is 22.6. The van der Waals surface area contributed by atoms with Gasteiger partial charge in [-0.1, -0.05) is 41.0 Å². The molecule has 4 nitrogen and oxygen atoms in total. The molecule has 34 heavy (non-hydrogen) atoms. The highest BCUT2D eigenvalue weighted by atomic mass is 15.3. The van der Waals surface area contributed by atoms with Crippen LogP contribution in [0.15, 0.2) is 18.2 Å². The van der Waals surface area contributed by atoms with Crippen molar-refractivity contribution >= 4 is 11.4 Å². The molecule has 0 N–H and O–H groups in total. The molecule has 0 amide bonds. The second-order valence-electron chi connectivity index (χ2n) is 12.9. The summed E-state index contributed by atoms with van der Waals surface area (Å²) in [7, 11) is 0. The predicted octanol–water partition coefficient (Wildman–Crippen LogP) is 6.67. The number of anilines is 2. The van der Waals surface area contributed by atoms with Gasteiger partial charge in [0, 0.05) is 56.6 Å². The summed E-state index contributed by atoms with van der Waals surface area (Å²) >= 11 is 0. The molecule has 2 heterocycles. The van der Waals surface area contributed by atoms with Crippen molar-refractivity contribution in [1.29, 1.82) is 5.26 Å². The Labute approximate surface area is 209 Å². The molecule has 3 fully saturated rings. The van der Waals surface area contributed by atoms with Crippen LogP contribution in [0.3, 0.4) is 0 Å². The average Bonchev–Trinajstić information content (AvgIpc) is 2.81. The van der Waals surface area contributed by atoms with Crippen molar-refractivity contribution in [2.24, 2.45) is 16.7 Å². The van der Waals surface area contributed by atoms with E-state index in [2.05, 4.69) is 73.6 Å². The van der Waals surface area contributed by atoms with Crippen LogP contribution in [-0.4, -0.2) is 50.7 Å². The normalized spacial score (nSPS) is 24.2. The monoisotopic (exact) mass is 464 g/mol. The summed E-state index contributed by atoms with van der Waals surface area (Å²) in [5.41, 5.74) is 5.21. The fourth-order valence-corrected chi connectivity index (χ4v) is 7.28. The molecule has 2 saturated heterocycles. The molecular weight excluding hydrogens is 416 g/mol. The first-order chi connectivity index (χ1) is 16.2. The van der Waals surface area contributed by atoms with Crippen LogP contribution in [0, 0.1) is 28.1 Å². The first kappa shape index (κ1) is 25.4. The van der Waals surface area contributed by atoms with Crippen LogP contribution in [0.4, 0.5) is 11.4 Å². The van der Waals surface area contributed by atoms with Gasteiger partial charge in [-0.3, -0.25) is 4.90 Å². The maximum atomic E-state index is 9.33. The standard InChI is InChI=1S/C30H48N4/c1-6-7-12-32-15-17-34(18-16-32)28-9-8-26(33-13-10-24(22-31)11-14-33)19-27(28)25-20-29(2,3)23-30(4,5)21-25/h8-9,19,24-25H,6-7,10-18,20-21,23H2,1-5H3. The molecular formula is C30H48N4. The van der Waals surface area contributed by atoms with Crippen molar-refractivity contribution in [3.8, 4) is 6.07 Å². The highest BCUT2D eigenvalue weighted by Crippen LogP contribution is 2.53. The third kappa shape index (κ3) is 6.09. The number of nitriles is 1. The molecule has 2 aliphatic heterocycles. The molecule has 1 aliphatic carbocycles. The molecule has 3 aliphatic rings. The van der Waals surface area contributed by atoms with Gasteiger partial charge >= 0.3 is 0 Å². The Balaban J connectivity index is 1.60. The fraction of sp³-hybridized carbons (Fsp3) is 0.767. The van der Waals surface area contributed by atoms with E-state index in [1.807, 2.05) is 0 Å². The van der Waals surface area contributed by atoms with Crippen LogP contribution >= 0.6 is 0 Å². The summed E-state index contributed by atoms with van der Waals surface area (Å²) in [5.74, 6) is 0.849. The van der Waals surface area contributed by atoms with Crippen LogP contribution in [0.25, 0.3) is 0 Å². The summed E-state index contributed by atoms with van der Waals surface area (Å²) < 4.78 is 0. The maximum Gasteiger partial charge on any atom is 0.0657 e. The average molecular weight is 465 g/mol. The van der Waals surface area contributed by atoms with Gasteiger partial charge in [0.15, 0.2) is 0 Å². The van der Waals surface area contributed by atoms with Gasteiger partial charge in [0.2, 0.25) is 0 Å². The molecule has 4 rings (SSSR count). The highest BCUT2D eigenvalue weighted by molar-refractivity contribution is 5.64. The van der Waals surface area contributed by atoms with E-state index in [0.29, 0.717) is 16.7 Å². The van der Waals surface area contributed by atoms with E-state index < -0.39 is 0 Å². The largest absolute Gasteiger partial charge is 0.371 e. The van der Waals surface area contributed by atoms with Gasteiger partial charge in [0.25, 0.3) is 0 Å². The number of hydrogen-bond donors (Lipinski definition) is 0. The summed E-state index contributed by atoms with van der Waals surface area (Å²) in [6.07, 6.45) is 8.45. The summed E-state index contributed by atoms with van der Waals surface area (Å²) in [6.45, 7) is 20.1. The SMILES string of the molecule is CCCCN1CCN(c2ccc(N3CCC(C#N)CC3)cc2C2CC(C)(C)CC(C)(C)C2)CC1. The van der Waals surface area contributed by atoms with Gasteiger partial charge in [-0.05, 0) is 85.6 Å². The van der Waals surface area contributed by atoms with Gasteiger partial charge in [-0.2, -0.15) is 5.26 Å². The first-order valence-electron chi connectivity index (χ1n) is 14.0. The lowest BCUT2D eigenvalue weighted by atomic mass is 9.60. The lowest BCUT2D eigenvalue weighted by Crippen LogP contribution is -2.47. The second-order valence-corrected chi connectivity index (χ2v) is 12.9. The van der Waals surface area contributed by atoms with E-state index in [-0.39, 0.29) is 5.92 Å². The van der Waals surface area contributed by atoms with E-state index in [0.717, 1.165) is 39.0 Å². The Bertz CT molecular complexity index is 835. The quantitative estimate of drug-likeness (QED) is 0.471. The maximum absolute atomic E-state index is 9.33. The molecule has 0 spiro atoms. The topological polar surface area (TPSA) is 33.5 Å². The Morgan fingerprint density at radius 2 is 1.56 bits per heavy atom. The third-order valence-electron chi connectivity index (χ3n) is 8.59. The zero-order chi connectivity index (χ0) is 24.3. The lowest BCUT2D eigenvalue weighted by Gasteiger charge is -2.46. The van der Waals surface area contributed by atoms with Crippen LogP contribution in [0.5, 0.6) is 0 Å². The van der Waals surface area contributed by atoms with Crippen LogP contribution in [-0.2, 0) is 0 Å². The number of benzene rings is 1. The van der Waals surface area contributed by atoms with E-state index >= 15 is 0 Å². The number of piperazine rings is 1. The van der Waals surface area contributed by atoms with Crippen molar-refractivity contribution in [3.63, 3.8) is 0 Å². The molecule has 1 aromatic carbocycles. The molecule has 1 saturated carbocycles. The third-order valence-corrected chi connectivity index (χ3v) is 8.59. The van der Waals surface area contributed by atoms with Crippen molar-refractivity contribution in [2.45, 2.75) is 85.5 Å². The van der Waals surface area contributed by atoms with Crippen LogP contribution < -0.4 is 9.80 Å². The Morgan fingerprint density at radius 1 is 0.912 bits per heavy atom. The van der Waals surface area contributed by atoms with Crippen LogP contribution in [0.2, 0.25) is 0 Å². The molecule has 0 bridgehead atoms. The molecule has 0 atom stereocenters. The summed E-state index contributed by atoms with van der Waals surface area (Å²) in [6, 6.07) is 9.85. The smallest absolute Gasteiger partial charge is 0.0657 e.